The summed E-state index contributed by atoms with van der Waals surface area (Å²) in [5.74, 6) is 1.03. The van der Waals surface area contributed by atoms with Crippen molar-refractivity contribution < 1.29 is 4.52 Å². The zero-order valence-electron chi connectivity index (χ0n) is 7.29. The molecule has 0 radical (unpaired) electrons. The van der Waals surface area contributed by atoms with Gasteiger partial charge in [0.1, 0.15) is 0 Å². The van der Waals surface area contributed by atoms with Crippen LogP contribution in [-0.2, 0) is 0 Å². The van der Waals surface area contributed by atoms with Crippen LogP contribution in [0.2, 0.25) is 5.02 Å². The van der Waals surface area contributed by atoms with Gasteiger partial charge >= 0.3 is 0 Å². The topological polar surface area (TPSA) is 38.9 Å². The minimum atomic E-state index is 0.439. The Morgan fingerprint density at radius 1 is 1.43 bits per heavy atom. The lowest BCUT2D eigenvalue weighted by Crippen LogP contribution is -1.80. The van der Waals surface area contributed by atoms with E-state index in [2.05, 4.69) is 26.1 Å². The van der Waals surface area contributed by atoms with Crippen LogP contribution in [-0.4, -0.2) is 10.1 Å². The molecular weight excluding hydrogens is 267 g/mol. The number of hydrogen-bond donors (Lipinski definition) is 0. The Labute approximate surface area is 94.2 Å². The zero-order valence-corrected chi connectivity index (χ0v) is 9.63. The fourth-order valence-electron chi connectivity index (χ4n) is 1.07. The Morgan fingerprint density at radius 2 is 2.21 bits per heavy atom. The third-order valence-electron chi connectivity index (χ3n) is 1.69. The standard InChI is InChI=1S/C9H6BrClN2O/c1-5-12-9(14-13-5)7-4-6(10)2-3-8(7)11/h2-4H,1H3. The number of benzene rings is 1. The first-order valence-corrected chi connectivity index (χ1v) is 5.09. The highest BCUT2D eigenvalue weighted by atomic mass is 79.9. The van der Waals surface area contributed by atoms with E-state index in [0.717, 1.165) is 10.0 Å². The smallest absolute Gasteiger partial charge is 0.259 e. The van der Waals surface area contributed by atoms with Crippen LogP contribution in [0.4, 0.5) is 0 Å². The van der Waals surface area contributed by atoms with E-state index in [-0.39, 0.29) is 0 Å². The van der Waals surface area contributed by atoms with E-state index in [1.54, 1.807) is 13.0 Å². The highest BCUT2D eigenvalue weighted by Gasteiger charge is 2.10. The van der Waals surface area contributed by atoms with E-state index >= 15 is 0 Å². The van der Waals surface area contributed by atoms with E-state index in [9.17, 15) is 0 Å². The van der Waals surface area contributed by atoms with Gasteiger partial charge in [0.15, 0.2) is 5.82 Å². The highest BCUT2D eigenvalue weighted by molar-refractivity contribution is 9.10. The number of hydrogen-bond acceptors (Lipinski definition) is 3. The quantitative estimate of drug-likeness (QED) is 0.798. The van der Waals surface area contributed by atoms with Crippen molar-refractivity contribution in [2.45, 2.75) is 6.92 Å². The van der Waals surface area contributed by atoms with Crippen LogP contribution in [0.15, 0.2) is 27.2 Å². The largest absolute Gasteiger partial charge is 0.334 e. The summed E-state index contributed by atoms with van der Waals surface area (Å²) in [6.45, 7) is 1.76. The summed E-state index contributed by atoms with van der Waals surface area (Å²) >= 11 is 9.34. The SMILES string of the molecule is Cc1noc(-c2cc(Br)ccc2Cl)n1. The van der Waals surface area contributed by atoms with Gasteiger partial charge < -0.3 is 4.52 Å². The summed E-state index contributed by atoms with van der Waals surface area (Å²) in [4.78, 5) is 4.10. The molecule has 0 N–H and O–H groups in total. The highest BCUT2D eigenvalue weighted by Crippen LogP contribution is 2.29. The maximum Gasteiger partial charge on any atom is 0.259 e. The number of aromatic nitrogens is 2. The molecule has 2 rings (SSSR count). The maximum absolute atomic E-state index is 5.99. The Hall–Kier alpha value is -0.870. The third-order valence-corrected chi connectivity index (χ3v) is 2.51. The van der Waals surface area contributed by atoms with Crippen molar-refractivity contribution in [3.8, 4) is 11.5 Å². The monoisotopic (exact) mass is 272 g/mol. The summed E-state index contributed by atoms with van der Waals surface area (Å²) in [6.07, 6.45) is 0. The fraction of sp³-hybridized carbons (Fsp3) is 0.111. The molecule has 0 amide bonds. The molecule has 72 valence electrons. The molecule has 0 spiro atoms. The van der Waals surface area contributed by atoms with Crippen molar-refractivity contribution in [3.05, 3.63) is 33.5 Å². The summed E-state index contributed by atoms with van der Waals surface area (Å²) in [6, 6.07) is 5.48. The van der Waals surface area contributed by atoms with Crippen LogP contribution in [0, 0.1) is 6.92 Å². The molecule has 0 atom stereocenters. The molecule has 0 bridgehead atoms. The van der Waals surface area contributed by atoms with Crippen LogP contribution in [0.25, 0.3) is 11.5 Å². The fourth-order valence-corrected chi connectivity index (χ4v) is 1.63. The minimum absolute atomic E-state index is 0.439. The molecule has 2 aromatic rings. The maximum atomic E-state index is 5.99. The summed E-state index contributed by atoms with van der Waals surface area (Å²) in [7, 11) is 0. The predicted molar refractivity (Wildman–Crippen MR) is 57.2 cm³/mol. The van der Waals surface area contributed by atoms with Gasteiger partial charge in [-0.1, -0.05) is 32.7 Å². The van der Waals surface area contributed by atoms with Gasteiger partial charge in [-0.3, -0.25) is 0 Å². The average Bonchev–Trinajstić information content (AvgIpc) is 2.56. The van der Waals surface area contributed by atoms with Crippen molar-refractivity contribution in [2.75, 3.05) is 0 Å². The molecule has 0 unspecified atom stereocenters. The van der Waals surface area contributed by atoms with Gasteiger partial charge in [-0.2, -0.15) is 4.98 Å². The van der Waals surface area contributed by atoms with Crippen LogP contribution in [0.5, 0.6) is 0 Å². The van der Waals surface area contributed by atoms with Gasteiger partial charge in [-0.05, 0) is 25.1 Å². The molecule has 1 heterocycles. The molecule has 0 saturated heterocycles. The van der Waals surface area contributed by atoms with Gasteiger partial charge in [-0.15, -0.1) is 0 Å². The molecular formula is C9H6BrClN2O. The van der Waals surface area contributed by atoms with Gasteiger partial charge in [0.25, 0.3) is 5.89 Å². The lowest BCUT2D eigenvalue weighted by Gasteiger charge is -1.98. The Morgan fingerprint density at radius 3 is 2.86 bits per heavy atom. The first-order valence-electron chi connectivity index (χ1n) is 3.92. The molecule has 1 aromatic carbocycles. The summed E-state index contributed by atoms with van der Waals surface area (Å²) < 4.78 is 5.94. The Balaban J connectivity index is 2.55. The van der Waals surface area contributed by atoms with E-state index in [0.29, 0.717) is 16.7 Å². The number of aryl methyl sites for hydroxylation is 1. The molecule has 3 nitrogen and oxygen atoms in total. The first kappa shape index (κ1) is 9.68. The predicted octanol–water partition coefficient (Wildman–Crippen LogP) is 3.46. The second-order valence-corrected chi connectivity index (χ2v) is 4.09. The van der Waals surface area contributed by atoms with Crippen molar-refractivity contribution in [1.29, 1.82) is 0 Å². The van der Waals surface area contributed by atoms with Gasteiger partial charge in [-0.25, -0.2) is 0 Å². The average molecular weight is 274 g/mol. The van der Waals surface area contributed by atoms with Crippen molar-refractivity contribution in [1.82, 2.24) is 10.1 Å². The Bertz CT molecular complexity index is 470. The van der Waals surface area contributed by atoms with Crippen LogP contribution < -0.4 is 0 Å². The van der Waals surface area contributed by atoms with E-state index < -0.39 is 0 Å². The van der Waals surface area contributed by atoms with E-state index in [4.69, 9.17) is 16.1 Å². The van der Waals surface area contributed by atoms with Crippen molar-refractivity contribution in [3.63, 3.8) is 0 Å². The van der Waals surface area contributed by atoms with E-state index in [1.165, 1.54) is 0 Å². The van der Waals surface area contributed by atoms with Crippen molar-refractivity contribution in [2.24, 2.45) is 0 Å². The lowest BCUT2D eigenvalue weighted by molar-refractivity contribution is 0.425. The molecule has 1 aromatic heterocycles. The zero-order chi connectivity index (χ0) is 10.1. The second kappa shape index (κ2) is 3.71. The molecule has 0 fully saturated rings. The first-order chi connectivity index (χ1) is 6.66. The third kappa shape index (κ3) is 1.81. The van der Waals surface area contributed by atoms with Gasteiger partial charge in [0.2, 0.25) is 0 Å². The molecule has 0 aliphatic heterocycles. The van der Waals surface area contributed by atoms with Crippen LogP contribution in [0.3, 0.4) is 0 Å². The van der Waals surface area contributed by atoms with Gasteiger partial charge in [0, 0.05) is 4.47 Å². The molecule has 5 heteroatoms. The number of nitrogens with zero attached hydrogens (tertiary/aromatic N) is 2. The summed E-state index contributed by atoms with van der Waals surface area (Å²) in [5.41, 5.74) is 0.738. The second-order valence-electron chi connectivity index (χ2n) is 2.77. The molecule has 0 aliphatic carbocycles. The minimum Gasteiger partial charge on any atom is -0.334 e. The van der Waals surface area contributed by atoms with E-state index in [1.807, 2.05) is 12.1 Å². The lowest BCUT2D eigenvalue weighted by atomic mass is 10.2. The van der Waals surface area contributed by atoms with Crippen LogP contribution in [0.1, 0.15) is 5.82 Å². The molecule has 0 saturated carbocycles. The molecule has 0 aliphatic rings. The summed E-state index contributed by atoms with van der Waals surface area (Å²) in [5, 5.41) is 4.30. The number of rotatable bonds is 1. The Kier molecular flexibility index (Phi) is 2.56. The number of halogens is 2. The van der Waals surface area contributed by atoms with Gasteiger partial charge in [0.05, 0.1) is 10.6 Å². The molecule has 14 heavy (non-hydrogen) atoms. The van der Waals surface area contributed by atoms with Crippen molar-refractivity contribution >= 4 is 27.5 Å². The normalized spacial score (nSPS) is 10.5. The van der Waals surface area contributed by atoms with Crippen LogP contribution >= 0.6 is 27.5 Å².